The zero-order valence-electron chi connectivity index (χ0n) is 16.1. The monoisotopic (exact) mass is 380 g/mol. The molecule has 1 amide bonds. The maximum atomic E-state index is 12.5. The molecule has 0 spiro atoms. The van der Waals surface area contributed by atoms with Crippen LogP contribution in [-0.2, 0) is 11.2 Å². The first kappa shape index (κ1) is 19.2. The van der Waals surface area contributed by atoms with Gasteiger partial charge in [0.15, 0.2) is 0 Å². The van der Waals surface area contributed by atoms with Gasteiger partial charge in [0.2, 0.25) is 5.91 Å². The van der Waals surface area contributed by atoms with Crippen molar-refractivity contribution < 1.29 is 9.72 Å². The molecule has 0 aliphatic heterocycles. The molecule has 1 aromatic carbocycles. The fraction of sp³-hybridized carbons (Fsp3) is 0.263. The summed E-state index contributed by atoms with van der Waals surface area (Å²) in [6.07, 6.45) is 0.0884. The summed E-state index contributed by atoms with van der Waals surface area (Å²) in [4.78, 5) is 31.7. The van der Waals surface area contributed by atoms with Crippen molar-refractivity contribution in [3.05, 3.63) is 68.8 Å². The van der Waals surface area contributed by atoms with Gasteiger partial charge < -0.3 is 5.32 Å². The number of benzene rings is 1. The van der Waals surface area contributed by atoms with Gasteiger partial charge in [-0.3, -0.25) is 14.9 Å². The third-order valence-corrected chi connectivity index (χ3v) is 4.28. The number of non-ortho nitro benzene ring substituents is 1. The van der Waals surface area contributed by atoms with E-state index in [9.17, 15) is 14.9 Å². The minimum absolute atomic E-state index is 0.0788. The molecule has 3 rings (SSSR count). The van der Waals surface area contributed by atoms with E-state index < -0.39 is 4.92 Å². The molecule has 144 valence electrons. The van der Waals surface area contributed by atoms with Crippen molar-refractivity contribution in [3.8, 4) is 5.95 Å². The molecule has 2 aromatic heterocycles. The number of aryl methyl sites for hydroxylation is 3. The lowest BCUT2D eigenvalue weighted by atomic mass is 10.1. The molecule has 0 saturated heterocycles. The fourth-order valence-electron chi connectivity index (χ4n) is 2.99. The quantitative estimate of drug-likeness (QED) is 0.537. The molecule has 2 heterocycles. The Bertz CT molecular complexity index is 1050. The molecule has 0 atom stereocenters. The first-order valence-corrected chi connectivity index (χ1v) is 8.66. The summed E-state index contributed by atoms with van der Waals surface area (Å²) in [6.45, 7) is 7.45. The molecule has 9 nitrogen and oxygen atoms in total. The smallest absolute Gasteiger partial charge is 0.271 e. The van der Waals surface area contributed by atoms with E-state index in [0.717, 1.165) is 22.6 Å². The number of carbonyl (C=O) groups excluding carboxylic acids is 1. The fourth-order valence-corrected chi connectivity index (χ4v) is 2.99. The van der Waals surface area contributed by atoms with E-state index in [2.05, 4.69) is 20.4 Å². The van der Waals surface area contributed by atoms with Crippen LogP contribution in [0.4, 0.5) is 11.4 Å². The predicted octanol–water partition coefficient (Wildman–Crippen LogP) is 2.99. The van der Waals surface area contributed by atoms with Gasteiger partial charge in [-0.25, -0.2) is 14.6 Å². The average molecular weight is 380 g/mol. The van der Waals surface area contributed by atoms with Gasteiger partial charge in [-0.05, 0) is 39.8 Å². The van der Waals surface area contributed by atoms with Crippen LogP contribution in [0, 0.1) is 37.8 Å². The Balaban J connectivity index is 1.83. The van der Waals surface area contributed by atoms with Crippen LogP contribution in [0.3, 0.4) is 0 Å². The van der Waals surface area contributed by atoms with Gasteiger partial charge in [-0.15, -0.1) is 0 Å². The molecule has 0 saturated carbocycles. The Kier molecular flexibility index (Phi) is 5.16. The second-order valence-electron chi connectivity index (χ2n) is 6.54. The van der Waals surface area contributed by atoms with Crippen LogP contribution in [0.1, 0.15) is 28.3 Å². The lowest BCUT2D eigenvalue weighted by molar-refractivity contribution is -0.384. The summed E-state index contributed by atoms with van der Waals surface area (Å²) in [5.41, 5.74) is 4.21. The van der Waals surface area contributed by atoms with Gasteiger partial charge in [0.25, 0.3) is 11.6 Å². The summed E-state index contributed by atoms with van der Waals surface area (Å²) in [7, 11) is 0. The van der Waals surface area contributed by atoms with E-state index in [0.29, 0.717) is 17.3 Å². The van der Waals surface area contributed by atoms with E-state index in [1.54, 1.807) is 10.7 Å². The number of nitrogens with one attached hydrogen (secondary N) is 1. The number of hydrogen-bond donors (Lipinski definition) is 1. The van der Waals surface area contributed by atoms with E-state index in [1.807, 2.05) is 33.8 Å². The Morgan fingerprint density at radius 2 is 1.82 bits per heavy atom. The molecule has 28 heavy (non-hydrogen) atoms. The highest BCUT2D eigenvalue weighted by atomic mass is 16.6. The lowest BCUT2D eigenvalue weighted by Gasteiger charge is -2.07. The summed E-state index contributed by atoms with van der Waals surface area (Å²) < 4.78 is 1.63. The van der Waals surface area contributed by atoms with Crippen LogP contribution < -0.4 is 5.32 Å². The molecule has 9 heteroatoms. The Labute approximate surface area is 161 Å². The number of aromatic nitrogens is 4. The molecule has 0 aliphatic carbocycles. The van der Waals surface area contributed by atoms with Crippen molar-refractivity contribution >= 4 is 17.3 Å². The van der Waals surface area contributed by atoms with E-state index in [4.69, 9.17) is 0 Å². The second-order valence-corrected chi connectivity index (χ2v) is 6.54. The van der Waals surface area contributed by atoms with E-state index >= 15 is 0 Å². The Morgan fingerprint density at radius 1 is 1.14 bits per heavy atom. The minimum Gasteiger partial charge on any atom is -0.326 e. The van der Waals surface area contributed by atoms with Gasteiger partial charge in [-0.2, -0.15) is 5.10 Å². The largest absolute Gasteiger partial charge is 0.326 e. The van der Waals surface area contributed by atoms with Gasteiger partial charge in [-0.1, -0.05) is 6.07 Å². The maximum Gasteiger partial charge on any atom is 0.271 e. The van der Waals surface area contributed by atoms with Gasteiger partial charge in [0.05, 0.1) is 17.0 Å². The van der Waals surface area contributed by atoms with Crippen LogP contribution >= 0.6 is 0 Å². The summed E-state index contributed by atoms with van der Waals surface area (Å²) in [5.74, 6) is 0.177. The maximum absolute atomic E-state index is 12.5. The number of nitro benzene ring substituents is 1. The molecule has 0 aliphatic rings. The number of rotatable bonds is 5. The van der Waals surface area contributed by atoms with Crippen LogP contribution in [0.5, 0.6) is 0 Å². The topological polar surface area (TPSA) is 116 Å². The normalized spacial score (nSPS) is 10.7. The Hall–Kier alpha value is -3.62. The third-order valence-electron chi connectivity index (χ3n) is 4.28. The summed E-state index contributed by atoms with van der Waals surface area (Å²) in [5, 5.41) is 18.1. The van der Waals surface area contributed by atoms with Crippen LogP contribution in [-0.4, -0.2) is 30.6 Å². The SMILES string of the molecule is Cc1cc(C)nc(-n2nc(C)c(CC(=O)Nc3cccc([N+](=O)[O-])c3)c2C)n1. The number of nitro groups is 1. The molecule has 0 unspecified atom stereocenters. The predicted molar refractivity (Wildman–Crippen MR) is 104 cm³/mol. The van der Waals surface area contributed by atoms with Crippen LogP contribution in [0.25, 0.3) is 5.95 Å². The van der Waals surface area contributed by atoms with Gasteiger partial charge >= 0.3 is 0 Å². The van der Waals surface area contributed by atoms with Crippen molar-refractivity contribution in [3.63, 3.8) is 0 Å². The van der Waals surface area contributed by atoms with Gasteiger partial charge in [0, 0.05) is 40.5 Å². The van der Waals surface area contributed by atoms with Crippen molar-refractivity contribution in [2.75, 3.05) is 5.32 Å². The standard InChI is InChI=1S/C19H20N6O3/c1-11-8-12(2)21-19(20-11)24-14(4)17(13(3)23-24)10-18(26)22-15-6-5-7-16(9-15)25(27)28/h5-9H,10H2,1-4H3,(H,22,26). The van der Waals surface area contributed by atoms with Crippen molar-refractivity contribution in [2.45, 2.75) is 34.1 Å². The zero-order valence-corrected chi connectivity index (χ0v) is 16.1. The number of hydrogen-bond acceptors (Lipinski definition) is 6. The summed E-state index contributed by atoms with van der Waals surface area (Å²) in [6, 6.07) is 7.71. The first-order valence-electron chi connectivity index (χ1n) is 8.66. The number of carbonyl (C=O) groups is 1. The van der Waals surface area contributed by atoms with Crippen LogP contribution in [0.15, 0.2) is 30.3 Å². The molecular formula is C19H20N6O3. The third kappa shape index (κ3) is 4.03. The van der Waals surface area contributed by atoms with E-state index in [-0.39, 0.29) is 18.0 Å². The van der Waals surface area contributed by atoms with Crippen LogP contribution in [0.2, 0.25) is 0 Å². The molecule has 0 bridgehead atoms. The van der Waals surface area contributed by atoms with Gasteiger partial charge in [0.1, 0.15) is 0 Å². The minimum atomic E-state index is -0.502. The molecular weight excluding hydrogens is 360 g/mol. The average Bonchev–Trinajstić information content (AvgIpc) is 2.89. The molecule has 0 radical (unpaired) electrons. The molecule has 3 aromatic rings. The van der Waals surface area contributed by atoms with E-state index in [1.165, 1.54) is 18.2 Å². The number of nitrogens with zero attached hydrogens (tertiary/aromatic N) is 5. The first-order chi connectivity index (χ1) is 13.2. The number of amides is 1. The highest BCUT2D eigenvalue weighted by Gasteiger charge is 2.18. The summed E-state index contributed by atoms with van der Waals surface area (Å²) >= 11 is 0. The highest BCUT2D eigenvalue weighted by Crippen LogP contribution is 2.20. The number of anilines is 1. The second kappa shape index (κ2) is 7.55. The van der Waals surface area contributed by atoms with Crippen molar-refractivity contribution in [1.82, 2.24) is 19.7 Å². The zero-order chi connectivity index (χ0) is 20.4. The lowest BCUT2D eigenvalue weighted by Crippen LogP contribution is -2.15. The van der Waals surface area contributed by atoms with Crippen molar-refractivity contribution in [1.29, 1.82) is 0 Å². The Morgan fingerprint density at radius 3 is 2.46 bits per heavy atom. The highest BCUT2D eigenvalue weighted by molar-refractivity contribution is 5.92. The molecule has 0 fully saturated rings. The van der Waals surface area contributed by atoms with Crippen molar-refractivity contribution in [2.24, 2.45) is 0 Å². The molecule has 1 N–H and O–H groups in total.